The average molecular weight is 309 g/mol. The molecule has 2 rings (SSSR count). The van der Waals surface area contributed by atoms with Crippen LogP contribution in [0.2, 0.25) is 0 Å². The van der Waals surface area contributed by atoms with E-state index in [0.717, 1.165) is 25.0 Å². The fourth-order valence-corrected chi connectivity index (χ4v) is 3.81. The van der Waals surface area contributed by atoms with Gasteiger partial charge in [-0.3, -0.25) is 4.99 Å². The summed E-state index contributed by atoms with van der Waals surface area (Å²) in [4.78, 5) is 6.94. The van der Waals surface area contributed by atoms with Gasteiger partial charge in [-0.1, -0.05) is 20.3 Å². The van der Waals surface area contributed by atoms with Crippen molar-refractivity contribution in [2.75, 3.05) is 39.8 Å². The van der Waals surface area contributed by atoms with Crippen LogP contribution in [0.3, 0.4) is 0 Å². The molecule has 0 atom stereocenters. The molecule has 0 amide bonds. The van der Waals surface area contributed by atoms with Gasteiger partial charge in [-0.05, 0) is 69.5 Å². The van der Waals surface area contributed by atoms with E-state index >= 15 is 0 Å². The zero-order chi connectivity index (χ0) is 15.8. The topological polar surface area (TPSA) is 39.7 Å². The van der Waals surface area contributed by atoms with Crippen LogP contribution in [0.1, 0.15) is 58.8 Å². The van der Waals surface area contributed by atoms with Gasteiger partial charge in [-0.2, -0.15) is 0 Å². The Morgan fingerprint density at radius 3 is 2.41 bits per heavy atom. The summed E-state index contributed by atoms with van der Waals surface area (Å²) in [6.45, 7) is 10.5. The third kappa shape index (κ3) is 4.87. The van der Waals surface area contributed by atoms with E-state index in [0.29, 0.717) is 5.41 Å². The zero-order valence-corrected chi connectivity index (χ0v) is 15.0. The van der Waals surface area contributed by atoms with Gasteiger partial charge in [-0.15, -0.1) is 0 Å². The summed E-state index contributed by atoms with van der Waals surface area (Å²) in [5.41, 5.74) is 0.546. The summed E-state index contributed by atoms with van der Waals surface area (Å²) in [6, 6.07) is 0. The first-order valence-electron chi connectivity index (χ1n) is 9.38. The van der Waals surface area contributed by atoms with Crippen molar-refractivity contribution < 1.29 is 0 Å². The molecule has 0 bridgehead atoms. The molecule has 1 heterocycles. The fraction of sp³-hybridized carbons (Fsp3) is 0.944. The van der Waals surface area contributed by atoms with Crippen LogP contribution in [0.25, 0.3) is 0 Å². The molecule has 1 aliphatic carbocycles. The number of nitrogens with zero attached hydrogens (tertiary/aromatic N) is 2. The number of hydrogen-bond acceptors (Lipinski definition) is 2. The van der Waals surface area contributed by atoms with Gasteiger partial charge in [0.15, 0.2) is 5.96 Å². The molecule has 1 saturated carbocycles. The lowest BCUT2D eigenvalue weighted by molar-refractivity contribution is 0.131. The average Bonchev–Trinajstić information content (AvgIpc) is 2.53. The molecule has 1 saturated heterocycles. The summed E-state index contributed by atoms with van der Waals surface area (Å²) in [5, 5.41) is 7.06. The second-order valence-electron chi connectivity index (χ2n) is 7.23. The first-order chi connectivity index (χ1) is 10.7. The van der Waals surface area contributed by atoms with Crippen LogP contribution in [0.15, 0.2) is 4.99 Å². The summed E-state index contributed by atoms with van der Waals surface area (Å²) in [6.07, 6.45) is 9.44. The number of piperidine rings is 1. The van der Waals surface area contributed by atoms with E-state index in [1.54, 1.807) is 0 Å². The molecule has 4 nitrogen and oxygen atoms in total. The lowest BCUT2D eigenvalue weighted by Gasteiger charge is -2.41. The van der Waals surface area contributed by atoms with Gasteiger partial charge < -0.3 is 15.5 Å². The van der Waals surface area contributed by atoms with Crippen molar-refractivity contribution in [1.29, 1.82) is 0 Å². The Kier molecular flexibility index (Phi) is 7.00. The number of hydrogen-bond donors (Lipinski definition) is 2. The maximum absolute atomic E-state index is 4.38. The first kappa shape index (κ1) is 17.6. The van der Waals surface area contributed by atoms with Crippen LogP contribution in [-0.4, -0.2) is 50.6 Å². The molecule has 0 aromatic carbocycles. The van der Waals surface area contributed by atoms with E-state index in [2.05, 4.69) is 34.4 Å². The number of nitrogens with one attached hydrogen (secondary N) is 2. The van der Waals surface area contributed by atoms with Crippen LogP contribution in [0, 0.1) is 11.3 Å². The van der Waals surface area contributed by atoms with Crippen LogP contribution in [0.5, 0.6) is 0 Å². The highest BCUT2D eigenvalue weighted by molar-refractivity contribution is 5.79. The second kappa shape index (κ2) is 8.76. The van der Waals surface area contributed by atoms with E-state index in [-0.39, 0.29) is 0 Å². The maximum Gasteiger partial charge on any atom is 0.190 e. The molecule has 0 aromatic heterocycles. The molecule has 0 aromatic rings. The van der Waals surface area contributed by atoms with E-state index in [9.17, 15) is 0 Å². The Hall–Kier alpha value is -0.770. The summed E-state index contributed by atoms with van der Waals surface area (Å²) in [7, 11) is 1.88. The van der Waals surface area contributed by atoms with E-state index in [1.807, 2.05) is 7.05 Å². The third-order valence-electron chi connectivity index (χ3n) is 6.02. The number of aliphatic imine (C=N–C) groups is 1. The molecule has 0 radical (unpaired) electrons. The highest BCUT2D eigenvalue weighted by atomic mass is 15.2. The van der Waals surface area contributed by atoms with Crippen molar-refractivity contribution >= 4 is 5.96 Å². The van der Waals surface area contributed by atoms with Gasteiger partial charge in [0.2, 0.25) is 0 Å². The van der Waals surface area contributed by atoms with Crippen molar-refractivity contribution in [3.05, 3.63) is 0 Å². The van der Waals surface area contributed by atoms with E-state index < -0.39 is 0 Å². The van der Waals surface area contributed by atoms with Crippen molar-refractivity contribution in [1.82, 2.24) is 15.5 Å². The SMILES string of the molecule is CCN1CCC(CCNC(=NC)NCC2(CC)CCC2)CC1. The molecule has 2 fully saturated rings. The summed E-state index contributed by atoms with van der Waals surface area (Å²) >= 11 is 0. The Morgan fingerprint density at radius 2 is 1.91 bits per heavy atom. The number of guanidine groups is 1. The molecule has 22 heavy (non-hydrogen) atoms. The highest BCUT2D eigenvalue weighted by Gasteiger charge is 2.34. The second-order valence-corrected chi connectivity index (χ2v) is 7.23. The Bertz CT molecular complexity index is 335. The largest absolute Gasteiger partial charge is 0.356 e. The van der Waals surface area contributed by atoms with Crippen LogP contribution < -0.4 is 10.6 Å². The number of likely N-dealkylation sites (tertiary alicyclic amines) is 1. The lowest BCUT2D eigenvalue weighted by Crippen LogP contribution is -2.46. The van der Waals surface area contributed by atoms with Crippen LogP contribution in [0.4, 0.5) is 0 Å². The highest BCUT2D eigenvalue weighted by Crippen LogP contribution is 2.42. The minimum Gasteiger partial charge on any atom is -0.356 e. The molecule has 2 N–H and O–H groups in total. The Morgan fingerprint density at radius 1 is 1.18 bits per heavy atom. The van der Waals surface area contributed by atoms with E-state index in [4.69, 9.17) is 0 Å². The smallest absolute Gasteiger partial charge is 0.190 e. The van der Waals surface area contributed by atoms with Gasteiger partial charge in [0.1, 0.15) is 0 Å². The van der Waals surface area contributed by atoms with Gasteiger partial charge in [0.05, 0.1) is 0 Å². The maximum atomic E-state index is 4.38. The predicted octanol–water partition coefficient (Wildman–Crippen LogP) is 2.85. The normalized spacial score (nSPS) is 23.1. The molecule has 2 aliphatic rings. The monoisotopic (exact) mass is 308 g/mol. The standard InChI is InChI=1S/C18H36N4/c1-4-18(10-6-11-18)15-21-17(19-3)20-12-7-16-8-13-22(5-2)14-9-16/h16H,4-15H2,1-3H3,(H2,19,20,21). The summed E-state index contributed by atoms with van der Waals surface area (Å²) in [5.74, 6) is 1.88. The van der Waals surface area contributed by atoms with Crippen LogP contribution >= 0.6 is 0 Å². The molecule has 0 spiro atoms. The first-order valence-corrected chi connectivity index (χ1v) is 9.38. The van der Waals surface area contributed by atoms with Crippen molar-refractivity contribution in [2.45, 2.75) is 58.8 Å². The Balaban J connectivity index is 1.60. The molecule has 1 aliphatic heterocycles. The molecular formula is C18H36N4. The summed E-state index contributed by atoms with van der Waals surface area (Å²) < 4.78 is 0. The van der Waals surface area contributed by atoms with E-state index in [1.165, 1.54) is 64.6 Å². The van der Waals surface area contributed by atoms with Gasteiger partial charge >= 0.3 is 0 Å². The fourth-order valence-electron chi connectivity index (χ4n) is 3.81. The Labute approximate surface area is 137 Å². The molecule has 0 unspecified atom stereocenters. The van der Waals surface area contributed by atoms with Gasteiger partial charge in [0, 0.05) is 20.1 Å². The quantitative estimate of drug-likeness (QED) is 0.561. The number of rotatable bonds is 7. The minimum atomic E-state index is 0.546. The van der Waals surface area contributed by atoms with Crippen LogP contribution in [-0.2, 0) is 0 Å². The van der Waals surface area contributed by atoms with Crippen molar-refractivity contribution in [3.8, 4) is 0 Å². The molecule has 128 valence electrons. The predicted molar refractivity (Wildman–Crippen MR) is 95.4 cm³/mol. The van der Waals surface area contributed by atoms with Crippen molar-refractivity contribution in [3.63, 3.8) is 0 Å². The van der Waals surface area contributed by atoms with Gasteiger partial charge in [-0.25, -0.2) is 0 Å². The minimum absolute atomic E-state index is 0.546. The zero-order valence-electron chi connectivity index (χ0n) is 15.0. The molecular weight excluding hydrogens is 272 g/mol. The lowest BCUT2D eigenvalue weighted by atomic mass is 9.67. The molecule has 4 heteroatoms. The van der Waals surface area contributed by atoms with Gasteiger partial charge in [0.25, 0.3) is 0 Å². The third-order valence-corrected chi connectivity index (χ3v) is 6.02. The van der Waals surface area contributed by atoms with Crippen molar-refractivity contribution in [2.24, 2.45) is 16.3 Å².